The number of hydrogen-bond acceptors (Lipinski definition) is 2. The molecule has 0 amide bonds. The highest BCUT2D eigenvalue weighted by Crippen LogP contribution is 2.30. The van der Waals surface area contributed by atoms with E-state index in [4.69, 9.17) is 0 Å². The van der Waals surface area contributed by atoms with E-state index < -0.39 is 6.36 Å². The van der Waals surface area contributed by atoms with Crippen molar-refractivity contribution in [2.24, 2.45) is 0 Å². The number of aromatic nitrogens is 1. The summed E-state index contributed by atoms with van der Waals surface area (Å²) in [6.07, 6.45) is -3.08. The zero-order valence-corrected chi connectivity index (χ0v) is 8.38. The number of alkyl halides is 3. The monoisotopic (exact) mass is 227 g/mol. The van der Waals surface area contributed by atoms with Crippen molar-refractivity contribution in [3.63, 3.8) is 0 Å². The molecule has 0 saturated heterocycles. The van der Waals surface area contributed by atoms with E-state index in [-0.39, 0.29) is 5.75 Å². The molecule has 2 rings (SSSR count). The summed E-state index contributed by atoms with van der Waals surface area (Å²) in [4.78, 5) is 4.04. The number of benzene rings is 1. The molecule has 16 heavy (non-hydrogen) atoms. The van der Waals surface area contributed by atoms with Crippen LogP contribution < -0.4 is 4.74 Å². The van der Waals surface area contributed by atoms with Crippen LogP contribution >= 0.6 is 0 Å². The molecule has 2 nitrogen and oxygen atoms in total. The van der Waals surface area contributed by atoms with Gasteiger partial charge in [-0.25, -0.2) is 0 Å². The molecule has 2 aromatic rings. The number of ether oxygens (including phenoxy) is 1. The van der Waals surface area contributed by atoms with Crippen molar-refractivity contribution >= 4 is 10.9 Å². The second-order valence-corrected chi connectivity index (χ2v) is 3.31. The molecule has 1 heterocycles. The zero-order chi connectivity index (χ0) is 11.8. The lowest BCUT2D eigenvalue weighted by Gasteiger charge is -2.12. The van der Waals surface area contributed by atoms with Gasteiger partial charge in [0.15, 0.2) is 0 Å². The Labute approximate surface area is 89.7 Å². The van der Waals surface area contributed by atoms with Crippen molar-refractivity contribution in [1.82, 2.24) is 4.98 Å². The van der Waals surface area contributed by atoms with Gasteiger partial charge in [0.05, 0.1) is 5.52 Å². The summed E-state index contributed by atoms with van der Waals surface area (Å²) in [6, 6.07) is 6.16. The van der Waals surface area contributed by atoms with Crippen molar-refractivity contribution in [2.75, 3.05) is 0 Å². The van der Waals surface area contributed by atoms with E-state index in [2.05, 4.69) is 9.72 Å². The molecule has 0 bridgehead atoms. The molecule has 84 valence electrons. The highest BCUT2D eigenvalue weighted by Gasteiger charge is 2.31. The van der Waals surface area contributed by atoms with Crippen LogP contribution in [0.3, 0.4) is 0 Å². The first kappa shape index (κ1) is 10.7. The standard InChI is InChI=1S/C11H8F3NO/c1-7-8-3-2-6-15-9(8)4-5-10(7)16-11(12,13)14/h2-6H,1H3. The van der Waals surface area contributed by atoms with Crippen LogP contribution in [0.15, 0.2) is 30.5 Å². The number of rotatable bonds is 1. The molecule has 0 aliphatic rings. The van der Waals surface area contributed by atoms with E-state index in [1.807, 2.05) is 0 Å². The molecule has 0 radical (unpaired) electrons. The van der Waals surface area contributed by atoms with Gasteiger partial charge in [-0.1, -0.05) is 6.07 Å². The Morgan fingerprint density at radius 2 is 1.94 bits per heavy atom. The van der Waals surface area contributed by atoms with Crippen molar-refractivity contribution in [1.29, 1.82) is 0 Å². The van der Waals surface area contributed by atoms with Gasteiger partial charge >= 0.3 is 6.36 Å². The highest BCUT2D eigenvalue weighted by molar-refractivity contribution is 5.84. The highest BCUT2D eigenvalue weighted by atomic mass is 19.4. The quantitative estimate of drug-likeness (QED) is 0.744. The minimum atomic E-state index is -4.67. The van der Waals surface area contributed by atoms with E-state index in [1.165, 1.54) is 12.1 Å². The van der Waals surface area contributed by atoms with Gasteiger partial charge in [0.2, 0.25) is 0 Å². The molecule has 0 aliphatic heterocycles. The Balaban J connectivity index is 2.53. The Morgan fingerprint density at radius 3 is 2.62 bits per heavy atom. The van der Waals surface area contributed by atoms with Gasteiger partial charge in [0, 0.05) is 17.1 Å². The van der Waals surface area contributed by atoms with E-state index in [9.17, 15) is 13.2 Å². The number of fused-ring (bicyclic) bond motifs is 1. The first-order valence-corrected chi connectivity index (χ1v) is 4.57. The number of nitrogens with zero attached hydrogens (tertiary/aromatic N) is 1. The van der Waals surface area contributed by atoms with Crippen molar-refractivity contribution in [3.05, 3.63) is 36.0 Å². The predicted octanol–water partition coefficient (Wildman–Crippen LogP) is 3.44. The third kappa shape index (κ3) is 2.08. The molecule has 5 heteroatoms. The van der Waals surface area contributed by atoms with Crippen LogP contribution in [-0.4, -0.2) is 11.3 Å². The van der Waals surface area contributed by atoms with Crippen LogP contribution in [-0.2, 0) is 0 Å². The molecule has 0 atom stereocenters. The SMILES string of the molecule is Cc1c(OC(F)(F)F)ccc2ncccc12. The van der Waals surface area contributed by atoms with Crippen molar-refractivity contribution in [3.8, 4) is 5.75 Å². The number of halogens is 3. The van der Waals surface area contributed by atoms with Crippen LogP contribution in [0.25, 0.3) is 10.9 Å². The summed E-state index contributed by atoms with van der Waals surface area (Å²) in [6.45, 7) is 1.57. The minimum Gasteiger partial charge on any atom is -0.405 e. The Hall–Kier alpha value is -1.78. The number of aryl methyl sites for hydroxylation is 1. The molecular weight excluding hydrogens is 219 g/mol. The fourth-order valence-corrected chi connectivity index (χ4v) is 1.52. The normalized spacial score (nSPS) is 11.8. The lowest BCUT2D eigenvalue weighted by Crippen LogP contribution is -2.17. The molecule has 0 spiro atoms. The largest absolute Gasteiger partial charge is 0.573 e. The van der Waals surface area contributed by atoms with Gasteiger partial charge in [0.25, 0.3) is 0 Å². The Kier molecular flexibility index (Phi) is 2.46. The molecule has 0 saturated carbocycles. The minimum absolute atomic E-state index is 0.187. The first-order valence-electron chi connectivity index (χ1n) is 4.57. The van der Waals surface area contributed by atoms with E-state index in [0.717, 1.165) is 0 Å². The fourth-order valence-electron chi connectivity index (χ4n) is 1.52. The molecule has 0 fully saturated rings. The van der Waals surface area contributed by atoms with Crippen molar-refractivity contribution in [2.45, 2.75) is 13.3 Å². The molecule has 0 aliphatic carbocycles. The second kappa shape index (κ2) is 3.66. The average molecular weight is 227 g/mol. The van der Waals surface area contributed by atoms with Crippen LogP contribution in [0, 0.1) is 6.92 Å². The summed E-state index contributed by atoms with van der Waals surface area (Å²) in [5.41, 5.74) is 1.08. The maximum atomic E-state index is 12.1. The summed E-state index contributed by atoms with van der Waals surface area (Å²) in [5, 5.41) is 0.657. The zero-order valence-electron chi connectivity index (χ0n) is 8.38. The molecule has 0 unspecified atom stereocenters. The van der Waals surface area contributed by atoms with Gasteiger partial charge < -0.3 is 4.74 Å². The van der Waals surface area contributed by atoms with Crippen LogP contribution in [0.5, 0.6) is 5.75 Å². The Morgan fingerprint density at radius 1 is 1.19 bits per heavy atom. The van der Waals surface area contributed by atoms with Gasteiger partial charge in [-0.2, -0.15) is 0 Å². The van der Waals surface area contributed by atoms with Gasteiger partial charge in [-0.3, -0.25) is 4.98 Å². The van der Waals surface area contributed by atoms with Crippen LogP contribution in [0.1, 0.15) is 5.56 Å². The van der Waals surface area contributed by atoms with E-state index in [1.54, 1.807) is 25.3 Å². The maximum absolute atomic E-state index is 12.1. The summed E-state index contributed by atoms with van der Waals surface area (Å²) in [5.74, 6) is -0.187. The number of pyridine rings is 1. The lowest BCUT2D eigenvalue weighted by atomic mass is 10.1. The fraction of sp³-hybridized carbons (Fsp3) is 0.182. The van der Waals surface area contributed by atoms with E-state index in [0.29, 0.717) is 16.5 Å². The lowest BCUT2D eigenvalue weighted by molar-refractivity contribution is -0.274. The average Bonchev–Trinajstić information content (AvgIpc) is 2.21. The maximum Gasteiger partial charge on any atom is 0.573 e. The molecule has 0 N–H and O–H groups in total. The van der Waals surface area contributed by atoms with E-state index >= 15 is 0 Å². The summed E-state index contributed by atoms with van der Waals surface area (Å²) < 4.78 is 40.2. The summed E-state index contributed by atoms with van der Waals surface area (Å²) in [7, 11) is 0. The van der Waals surface area contributed by atoms with Gasteiger partial charge in [-0.05, 0) is 25.1 Å². The molecule has 1 aromatic carbocycles. The third-order valence-corrected chi connectivity index (χ3v) is 2.23. The topological polar surface area (TPSA) is 22.1 Å². The van der Waals surface area contributed by atoms with Crippen molar-refractivity contribution < 1.29 is 17.9 Å². The predicted molar refractivity (Wildman–Crippen MR) is 53.2 cm³/mol. The smallest absolute Gasteiger partial charge is 0.405 e. The third-order valence-electron chi connectivity index (χ3n) is 2.23. The second-order valence-electron chi connectivity index (χ2n) is 3.31. The first-order chi connectivity index (χ1) is 7.47. The Bertz CT molecular complexity index is 522. The molecular formula is C11H8F3NO. The number of hydrogen-bond donors (Lipinski definition) is 0. The van der Waals surface area contributed by atoms with Crippen LogP contribution in [0.2, 0.25) is 0 Å². The molecule has 1 aromatic heterocycles. The van der Waals surface area contributed by atoms with Crippen LogP contribution in [0.4, 0.5) is 13.2 Å². The van der Waals surface area contributed by atoms with Gasteiger partial charge in [-0.15, -0.1) is 13.2 Å². The van der Waals surface area contributed by atoms with Gasteiger partial charge in [0.1, 0.15) is 5.75 Å². The summed E-state index contributed by atoms with van der Waals surface area (Å²) >= 11 is 0.